The highest BCUT2D eigenvalue weighted by molar-refractivity contribution is 7.98. The molecule has 0 bridgehead atoms. The summed E-state index contributed by atoms with van der Waals surface area (Å²) < 4.78 is 7.45. The zero-order valence-electron chi connectivity index (χ0n) is 18.8. The van der Waals surface area contributed by atoms with Gasteiger partial charge in [-0.15, -0.1) is 10.2 Å². The van der Waals surface area contributed by atoms with Gasteiger partial charge in [-0.1, -0.05) is 54.6 Å². The van der Waals surface area contributed by atoms with Crippen molar-refractivity contribution in [1.29, 1.82) is 0 Å². The maximum atomic E-state index is 12.3. The number of nitrogens with zero attached hydrogens (tertiary/aromatic N) is 3. The molecule has 170 valence electrons. The fourth-order valence-corrected chi connectivity index (χ4v) is 4.44. The normalized spacial score (nSPS) is 13.0. The summed E-state index contributed by atoms with van der Waals surface area (Å²) in [5.41, 5.74) is 2.61. The molecule has 0 radical (unpaired) electrons. The molecule has 1 amide bonds. The van der Waals surface area contributed by atoms with E-state index < -0.39 is 0 Å². The second kappa shape index (κ2) is 11.5. The molecule has 3 aromatic rings. The fourth-order valence-electron chi connectivity index (χ4n) is 3.22. The quantitative estimate of drug-likeness (QED) is 0.387. The Hall–Kier alpha value is -2.35. The maximum absolute atomic E-state index is 12.3. The molecule has 0 saturated carbocycles. The Morgan fingerprint density at radius 1 is 1.16 bits per heavy atom. The summed E-state index contributed by atoms with van der Waals surface area (Å²) in [5, 5.41) is 13.3. The average Bonchev–Trinajstić information content (AvgIpc) is 3.22. The van der Waals surface area contributed by atoms with E-state index >= 15 is 0 Å². The summed E-state index contributed by atoms with van der Waals surface area (Å²) in [6, 6.07) is 15.5. The summed E-state index contributed by atoms with van der Waals surface area (Å²) >= 11 is 8.02. The monoisotopic (exact) mass is 472 g/mol. The number of benzene rings is 2. The first kappa shape index (κ1) is 24.3. The average molecular weight is 473 g/mol. The molecule has 0 spiro atoms. The Morgan fingerprint density at radius 2 is 1.88 bits per heavy atom. The number of hydrogen-bond donors (Lipinski definition) is 1. The number of halogens is 1. The van der Waals surface area contributed by atoms with Crippen LogP contribution in [0.2, 0.25) is 5.02 Å². The molecule has 0 aliphatic rings. The van der Waals surface area contributed by atoms with E-state index in [0.29, 0.717) is 22.9 Å². The van der Waals surface area contributed by atoms with Gasteiger partial charge in [0.25, 0.3) is 5.91 Å². The van der Waals surface area contributed by atoms with E-state index in [9.17, 15) is 4.79 Å². The van der Waals surface area contributed by atoms with E-state index in [1.54, 1.807) is 18.9 Å². The molecule has 1 heterocycles. The van der Waals surface area contributed by atoms with Crippen LogP contribution in [0.4, 0.5) is 0 Å². The van der Waals surface area contributed by atoms with Crippen molar-refractivity contribution in [2.45, 2.75) is 50.2 Å². The number of rotatable bonds is 10. The lowest BCUT2D eigenvalue weighted by Crippen LogP contribution is -2.31. The van der Waals surface area contributed by atoms with E-state index in [1.165, 1.54) is 0 Å². The van der Waals surface area contributed by atoms with E-state index in [1.807, 2.05) is 55.5 Å². The highest BCUT2D eigenvalue weighted by Crippen LogP contribution is 2.33. The minimum atomic E-state index is -0.0453. The number of thioether (sulfide) groups is 1. The second-order valence-corrected chi connectivity index (χ2v) is 9.08. The van der Waals surface area contributed by atoms with Crippen molar-refractivity contribution in [3.63, 3.8) is 0 Å². The van der Waals surface area contributed by atoms with E-state index in [0.717, 1.165) is 28.5 Å². The molecule has 0 aliphatic heterocycles. The first-order valence-electron chi connectivity index (χ1n) is 10.7. The highest BCUT2D eigenvalue weighted by atomic mass is 35.5. The summed E-state index contributed by atoms with van der Waals surface area (Å²) in [5.74, 6) is 1.38. The van der Waals surface area contributed by atoms with Crippen molar-refractivity contribution in [3.05, 3.63) is 64.7 Å². The van der Waals surface area contributed by atoms with Gasteiger partial charge in [0.05, 0.1) is 17.7 Å². The largest absolute Gasteiger partial charge is 0.383 e. The lowest BCUT2D eigenvalue weighted by atomic mass is 10.1. The molecular formula is C24H29ClN4O2S. The highest BCUT2D eigenvalue weighted by Gasteiger charge is 2.21. The van der Waals surface area contributed by atoms with Crippen LogP contribution < -0.4 is 5.32 Å². The Morgan fingerprint density at radius 3 is 2.53 bits per heavy atom. The second-order valence-electron chi connectivity index (χ2n) is 7.73. The van der Waals surface area contributed by atoms with E-state index in [4.69, 9.17) is 16.3 Å². The summed E-state index contributed by atoms with van der Waals surface area (Å²) in [6.07, 6.45) is 0.902. The Labute approximate surface area is 198 Å². The maximum Gasteiger partial charge on any atom is 0.251 e. The van der Waals surface area contributed by atoms with Crippen LogP contribution in [-0.2, 0) is 10.5 Å². The number of aromatic nitrogens is 3. The molecule has 0 fully saturated rings. The zero-order chi connectivity index (χ0) is 23.1. The van der Waals surface area contributed by atoms with Crippen LogP contribution in [0.1, 0.15) is 49.2 Å². The SMILES string of the molecule is CC[C@@H](C)NC(=O)c1ccc(CSc2nnc(-c3ccccc3Cl)n2[C@H](C)COC)cc1. The predicted octanol–water partition coefficient (Wildman–Crippen LogP) is 5.63. The van der Waals surface area contributed by atoms with Gasteiger partial charge in [-0.25, -0.2) is 0 Å². The standard InChI is InChI=1S/C24H29ClN4O2S/c1-5-16(2)26-23(30)19-12-10-18(11-13-19)15-32-24-28-27-22(29(24)17(3)14-31-4)20-8-6-7-9-21(20)25/h6-13,16-17H,5,14-15H2,1-4H3,(H,26,30)/t16-,17-/m1/s1. The molecule has 8 heteroatoms. The number of carbonyl (C=O) groups is 1. The predicted molar refractivity (Wildman–Crippen MR) is 130 cm³/mol. The van der Waals surface area contributed by atoms with Crippen LogP contribution in [-0.4, -0.2) is 40.4 Å². The van der Waals surface area contributed by atoms with Gasteiger partial charge in [-0.05, 0) is 50.1 Å². The minimum Gasteiger partial charge on any atom is -0.383 e. The molecule has 1 N–H and O–H groups in total. The number of nitrogens with one attached hydrogen (secondary N) is 1. The van der Waals surface area contributed by atoms with Crippen LogP contribution in [0.3, 0.4) is 0 Å². The molecule has 0 unspecified atom stereocenters. The zero-order valence-corrected chi connectivity index (χ0v) is 20.4. The van der Waals surface area contributed by atoms with Gasteiger partial charge in [0.2, 0.25) is 0 Å². The molecule has 0 saturated heterocycles. The molecule has 2 aromatic carbocycles. The Bertz CT molecular complexity index is 1040. The lowest BCUT2D eigenvalue weighted by Gasteiger charge is -2.17. The third-order valence-corrected chi connectivity index (χ3v) is 6.55. The van der Waals surface area contributed by atoms with Crippen LogP contribution in [0.25, 0.3) is 11.4 Å². The third-order valence-electron chi connectivity index (χ3n) is 5.20. The molecule has 3 rings (SSSR count). The van der Waals surface area contributed by atoms with Gasteiger partial charge >= 0.3 is 0 Å². The molecule has 2 atom stereocenters. The number of carbonyl (C=O) groups excluding carboxylic acids is 1. The van der Waals surface area contributed by atoms with Gasteiger partial charge < -0.3 is 10.1 Å². The van der Waals surface area contributed by atoms with Crippen LogP contribution in [0, 0.1) is 0 Å². The molecule has 32 heavy (non-hydrogen) atoms. The van der Waals surface area contributed by atoms with Gasteiger partial charge in [0.1, 0.15) is 0 Å². The van der Waals surface area contributed by atoms with Crippen LogP contribution in [0.5, 0.6) is 0 Å². The lowest BCUT2D eigenvalue weighted by molar-refractivity contribution is 0.0939. The summed E-state index contributed by atoms with van der Waals surface area (Å²) in [6.45, 7) is 6.65. The number of ether oxygens (including phenoxy) is 1. The van der Waals surface area contributed by atoms with Crippen molar-refractivity contribution in [2.24, 2.45) is 0 Å². The molecule has 1 aromatic heterocycles. The van der Waals surface area contributed by atoms with Crippen molar-refractivity contribution in [2.75, 3.05) is 13.7 Å². The number of hydrogen-bond acceptors (Lipinski definition) is 5. The Kier molecular flexibility index (Phi) is 8.73. The van der Waals surface area contributed by atoms with Crippen molar-refractivity contribution in [1.82, 2.24) is 20.1 Å². The topological polar surface area (TPSA) is 69.0 Å². The van der Waals surface area contributed by atoms with Crippen molar-refractivity contribution in [3.8, 4) is 11.4 Å². The molecule has 0 aliphatic carbocycles. The molecular weight excluding hydrogens is 444 g/mol. The van der Waals surface area contributed by atoms with Gasteiger partial charge in [-0.2, -0.15) is 0 Å². The van der Waals surface area contributed by atoms with Crippen LogP contribution in [0.15, 0.2) is 53.7 Å². The fraction of sp³-hybridized carbons (Fsp3) is 0.375. The minimum absolute atomic E-state index is 0.0374. The number of amides is 1. The Balaban J connectivity index is 1.77. The molecule has 6 nitrogen and oxygen atoms in total. The summed E-state index contributed by atoms with van der Waals surface area (Å²) in [7, 11) is 1.68. The first-order chi connectivity index (χ1) is 15.4. The van der Waals surface area contributed by atoms with Crippen molar-refractivity contribution < 1.29 is 9.53 Å². The third kappa shape index (κ3) is 5.91. The first-order valence-corrected chi connectivity index (χ1v) is 12.0. The van der Waals surface area contributed by atoms with Crippen molar-refractivity contribution >= 4 is 29.3 Å². The van der Waals surface area contributed by atoms with Gasteiger partial charge in [0.15, 0.2) is 11.0 Å². The number of methoxy groups -OCH3 is 1. The van der Waals surface area contributed by atoms with Gasteiger partial charge in [-0.3, -0.25) is 9.36 Å². The smallest absolute Gasteiger partial charge is 0.251 e. The van der Waals surface area contributed by atoms with E-state index in [-0.39, 0.29) is 18.0 Å². The van der Waals surface area contributed by atoms with Gasteiger partial charge in [0, 0.05) is 30.0 Å². The summed E-state index contributed by atoms with van der Waals surface area (Å²) in [4.78, 5) is 12.3. The van der Waals surface area contributed by atoms with E-state index in [2.05, 4.69) is 33.9 Å². The van der Waals surface area contributed by atoms with Crippen LogP contribution >= 0.6 is 23.4 Å².